The third-order valence-corrected chi connectivity index (χ3v) is 4.66. The Kier molecular flexibility index (Phi) is 6.89. The summed E-state index contributed by atoms with van der Waals surface area (Å²) in [5.74, 6) is -0.343. The van der Waals surface area contributed by atoms with Gasteiger partial charge in [0.2, 0.25) is 0 Å². The van der Waals surface area contributed by atoms with Gasteiger partial charge in [-0.3, -0.25) is 10.1 Å². The molecule has 0 aromatic heterocycles. The molecule has 0 aliphatic rings. The molecule has 0 fully saturated rings. The Hall–Kier alpha value is -2.24. The van der Waals surface area contributed by atoms with Crippen molar-refractivity contribution in [3.8, 4) is 0 Å². The van der Waals surface area contributed by atoms with Crippen LogP contribution in [-0.2, 0) is 16.2 Å². The maximum Gasteiger partial charge on any atom is 0.436 e. The summed E-state index contributed by atoms with van der Waals surface area (Å²) in [5, 5.41) is 4.04. The van der Waals surface area contributed by atoms with Crippen LogP contribution in [0.4, 0.5) is 10.5 Å². The van der Waals surface area contributed by atoms with Gasteiger partial charge >= 0.3 is 6.09 Å². The molecular weight excluding hydrogens is 375 g/mol. The van der Waals surface area contributed by atoms with E-state index < -0.39 is 17.4 Å². The summed E-state index contributed by atoms with van der Waals surface area (Å²) in [5.41, 5.74) is 0.301. The average Bonchev–Trinajstić information content (AvgIpc) is 2.63. The Morgan fingerprint density at radius 3 is 2.31 bits per heavy atom. The summed E-state index contributed by atoms with van der Waals surface area (Å²) in [6.45, 7) is 3.38. The van der Waals surface area contributed by atoms with E-state index in [1.165, 1.54) is 0 Å². The molecule has 1 N–H and O–H groups in total. The van der Waals surface area contributed by atoms with E-state index in [2.05, 4.69) is 5.32 Å². The average molecular weight is 395 g/mol. The number of anilines is 1. The van der Waals surface area contributed by atoms with Crippen LogP contribution in [0.5, 0.6) is 0 Å². The van der Waals surface area contributed by atoms with Gasteiger partial charge in [-0.2, -0.15) is 5.06 Å². The first-order valence-corrected chi connectivity index (χ1v) is 8.90. The van der Waals surface area contributed by atoms with Crippen molar-refractivity contribution in [2.24, 2.45) is 5.41 Å². The van der Waals surface area contributed by atoms with Crippen molar-refractivity contribution in [1.29, 1.82) is 0 Å². The van der Waals surface area contributed by atoms with Gasteiger partial charge in [-0.15, -0.1) is 11.6 Å². The third kappa shape index (κ3) is 5.38. The zero-order valence-corrected chi connectivity index (χ0v) is 16.1. The van der Waals surface area contributed by atoms with E-state index in [4.69, 9.17) is 28.0 Å². The van der Waals surface area contributed by atoms with Crippen LogP contribution in [-0.4, -0.2) is 22.9 Å². The molecule has 0 radical (unpaired) electrons. The molecule has 7 heteroatoms. The molecule has 2 amide bonds. The fourth-order valence-corrected chi connectivity index (χ4v) is 2.39. The lowest BCUT2D eigenvalue weighted by atomic mass is 9.95. The van der Waals surface area contributed by atoms with E-state index >= 15 is 0 Å². The number of para-hydroxylation sites is 1. The van der Waals surface area contributed by atoms with Crippen molar-refractivity contribution in [1.82, 2.24) is 5.06 Å². The van der Waals surface area contributed by atoms with Crippen LogP contribution in [0.25, 0.3) is 0 Å². The number of nitrogens with zero attached hydrogens (tertiary/aromatic N) is 1. The molecule has 0 aliphatic heterocycles. The fraction of sp³-hybridized carbons (Fsp3) is 0.263. The predicted molar refractivity (Wildman–Crippen MR) is 103 cm³/mol. The smallest absolute Gasteiger partial charge is 0.318 e. The lowest BCUT2D eigenvalue weighted by Gasteiger charge is -2.29. The SMILES string of the molecule is CC(C)(CCl)C(=O)N(Cc1ccccc1Cl)OC(=O)Nc1ccccc1. The van der Waals surface area contributed by atoms with Gasteiger partial charge in [0.1, 0.15) is 0 Å². The molecule has 0 saturated carbocycles. The van der Waals surface area contributed by atoms with E-state index in [9.17, 15) is 9.59 Å². The molecule has 2 aromatic rings. The highest BCUT2D eigenvalue weighted by molar-refractivity contribution is 6.31. The van der Waals surface area contributed by atoms with Crippen LogP contribution in [0.15, 0.2) is 54.6 Å². The third-order valence-electron chi connectivity index (χ3n) is 3.62. The Morgan fingerprint density at radius 2 is 1.69 bits per heavy atom. The lowest BCUT2D eigenvalue weighted by molar-refractivity contribution is -0.176. The minimum absolute atomic E-state index is 0.0149. The first-order chi connectivity index (χ1) is 12.3. The second-order valence-corrected chi connectivity index (χ2v) is 6.99. The fourth-order valence-electron chi connectivity index (χ4n) is 2.08. The lowest BCUT2D eigenvalue weighted by Crippen LogP contribution is -2.43. The quantitative estimate of drug-likeness (QED) is 0.566. The van der Waals surface area contributed by atoms with Crippen LogP contribution >= 0.6 is 23.2 Å². The van der Waals surface area contributed by atoms with Crippen LogP contribution in [0.1, 0.15) is 19.4 Å². The summed E-state index contributed by atoms with van der Waals surface area (Å²) in [4.78, 5) is 30.3. The number of benzene rings is 2. The summed E-state index contributed by atoms with van der Waals surface area (Å²) >= 11 is 12.1. The highest BCUT2D eigenvalue weighted by Gasteiger charge is 2.34. The van der Waals surface area contributed by atoms with Crippen molar-refractivity contribution >= 4 is 40.9 Å². The molecule has 0 unspecified atom stereocenters. The van der Waals surface area contributed by atoms with Gasteiger partial charge in [-0.1, -0.05) is 48.0 Å². The van der Waals surface area contributed by atoms with E-state index in [0.717, 1.165) is 5.06 Å². The van der Waals surface area contributed by atoms with Gasteiger partial charge in [-0.05, 0) is 37.6 Å². The van der Waals surface area contributed by atoms with Crippen molar-refractivity contribution in [3.05, 3.63) is 65.2 Å². The van der Waals surface area contributed by atoms with E-state index in [0.29, 0.717) is 16.3 Å². The summed E-state index contributed by atoms with van der Waals surface area (Å²) in [6.07, 6.45) is -0.776. The Balaban J connectivity index is 2.18. The monoisotopic (exact) mass is 394 g/mol. The van der Waals surface area contributed by atoms with E-state index in [1.54, 1.807) is 62.4 Å². The van der Waals surface area contributed by atoms with E-state index in [1.807, 2.05) is 6.07 Å². The van der Waals surface area contributed by atoms with Crippen molar-refractivity contribution in [2.75, 3.05) is 11.2 Å². The number of amides is 2. The Bertz CT molecular complexity index is 766. The number of rotatable bonds is 5. The Morgan fingerprint density at radius 1 is 1.08 bits per heavy atom. The molecule has 0 saturated heterocycles. The van der Waals surface area contributed by atoms with Crippen molar-refractivity contribution < 1.29 is 14.4 Å². The molecule has 0 aliphatic carbocycles. The standard InChI is InChI=1S/C19H20Cl2N2O3/c1-19(2,13-20)17(24)23(12-14-8-6-7-11-16(14)21)26-18(25)22-15-9-4-3-5-10-15/h3-11H,12-13H2,1-2H3,(H,22,25). The first kappa shape index (κ1) is 20.1. The van der Waals surface area contributed by atoms with Gasteiger partial charge in [0.05, 0.1) is 12.0 Å². The largest absolute Gasteiger partial charge is 0.436 e. The number of nitrogens with one attached hydrogen (secondary N) is 1. The Labute approximate surface area is 162 Å². The molecule has 2 aromatic carbocycles. The summed E-state index contributed by atoms with van der Waals surface area (Å²) in [6, 6.07) is 15.8. The van der Waals surface area contributed by atoms with Gasteiger partial charge in [-0.25, -0.2) is 4.79 Å². The molecule has 5 nitrogen and oxygen atoms in total. The molecule has 138 valence electrons. The number of alkyl halides is 1. The second kappa shape index (κ2) is 8.92. The molecule has 26 heavy (non-hydrogen) atoms. The van der Waals surface area contributed by atoms with Gasteiger partial charge in [0.25, 0.3) is 5.91 Å². The number of hydroxylamine groups is 2. The highest BCUT2D eigenvalue weighted by atomic mass is 35.5. The minimum Gasteiger partial charge on any atom is -0.318 e. The first-order valence-electron chi connectivity index (χ1n) is 7.99. The van der Waals surface area contributed by atoms with Crippen LogP contribution in [0.3, 0.4) is 0 Å². The molecule has 0 bridgehead atoms. The second-order valence-electron chi connectivity index (χ2n) is 6.32. The van der Waals surface area contributed by atoms with Crippen LogP contribution in [0.2, 0.25) is 5.02 Å². The highest BCUT2D eigenvalue weighted by Crippen LogP contribution is 2.24. The number of hydrogen-bond acceptors (Lipinski definition) is 3. The summed E-state index contributed by atoms with van der Waals surface area (Å²) < 4.78 is 0. The normalized spacial score (nSPS) is 10.9. The maximum absolute atomic E-state index is 12.8. The molecule has 0 atom stereocenters. The van der Waals surface area contributed by atoms with Crippen LogP contribution in [0, 0.1) is 5.41 Å². The van der Waals surface area contributed by atoms with Crippen molar-refractivity contribution in [2.45, 2.75) is 20.4 Å². The van der Waals surface area contributed by atoms with Gasteiger partial charge in [0.15, 0.2) is 0 Å². The zero-order chi connectivity index (χ0) is 19.2. The number of carbonyl (C=O) groups is 2. The molecule has 0 spiro atoms. The molecule has 2 rings (SSSR count). The van der Waals surface area contributed by atoms with Crippen molar-refractivity contribution in [3.63, 3.8) is 0 Å². The number of hydrogen-bond donors (Lipinski definition) is 1. The van der Waals surface area contributed by atoms with Gasteiger partial charge in [0, 0.05) is 16.6 Å². The summed E-state index contributed by atoms with van der Waals surface area (Å²) in [7, 11) is 0. The topological polar surface area (TPSA) is 58.6 Å². The molecule has 0 heterocycles. The molecular formula is C19H20Cl2N2O3. The predicted octanol–water partition coefficient (Wildman–Crippen LogP) is 5.10. The van der Waals surface area contributed by atoms with E-state index in [-0.39, 0.29) is 12.4 Å². The zero-order valence-electron chi connectivity index (χ0n) is 14.5. The maximum atomic E-state index is 12.8. The number of halogens is 2. The minimum atomic E-state index is -0.907. The van der Waals surface area contributed by atoms with Crippen LogP contribution < -0.4 is 5.32 Å². The van der Waals surface area contributed by atoms with Gasteiger partial charge < -0.3 is 4.84 Å². The number of carbonyl (C=O) groups excluding carboxylic acids is 2.